The van der Waals surface area contributed by atoms with Gasteiger partial charge in [0, 0.05) is 17.9 Å². The minimum absolute atomic E-state index is 0.204. The molecule has 1 unspecified atom stereocenters. The average Bonchev–Trinajstić information content (AvgIpc) is 3.40. The molecule has 1 atom stereocenters. The highest BCUT2D eigenvalue weighted by Gasteiger charge is 2.32. The van der Waals surface area contributed by atoms with Crippen LogP contribution in [0.15, 0.2) is 23.6 Å². The Balaban J connectivity index is 1.52. The third-order valence-electron chi connectivity index (χ3n) is 4.03. The van der Waals surface area contributed by atoms with Gasteiger partial charge in [0.25, 0.3) is 0 Å². The third kappa shape index (κ3) is 3.53. The summed E-state index contributed by atoms with van der Waals surface area (Å²) < 4.78 is 19.9. The van der Waals surface area contributed by atoms with E-state index in [0.29, 0.717) is 27.8 Å². The maximum Gasteiger partial charge on any atom is 0.414 e. The quantitative estimate of drug-likeness (QED) is 0.662. The number of nitrogens with zero attached hydrogens (tertiary/aromatic N) is 5. The summed E-state index contributed by atoms with van der Waals surface area (Å²) in [6.07, 6.45) is -1.08. The number of ether oxygens (including phenoxy) is 1. The number of aromatic amines is 1. The Labute approximate surface area is 161 Å². The molecule has 1 fully saturated rings. The van der Waals surface area contributed by atoms with Gasteiger partial charge in [-0.3, -0.25) is 9.69 Å². The molecule has 12 heteroatoms. The minimum Gasteiger partial charge on any atom is -0.442 e. The van der Waals surface area contributed by atoms with Crippen molar-refractivity contribution in [1.29, 1.82) is 0 Å². The number of rotatable bonds is 5. The molecule has 10 nitrogen and oxygen atoms in total. The van der Waals surface area contributed by atoms with E-state index in [9.17, 15) is 14.0 Å². The fourth-order valence-corrected chi connectivity index (χ4v) is 3.54. The molecule has 2 aromatic heterocycles. The van der Waals surface area contributed by atoms with Crippen molar-refractivity contribution in [2.75, 3.05) is 18.0 Å². The van der Waals surface area contributed by atoms with Crippen LogP contribution in [0, 0.1) is 5.82 Å². The van der Waals surface area contributed by atoms with Crippen LogP contribution < -0.4 is 10.2 Å². The monoisotopic (exact) mass is 403 g/mol. The molecular formula is C16H14FN7O3S. The molecule has 0 bridgehead atoms. The smallest absolute Gasteiger partial charge is 0.414 e. The van der Waals surface area contributed by atoms with Gasteiger partial charge < -0.3 is 10.1 Å². The van der Waals surface area contributed by atoms with E-state index in [2.05, 4.69) is 30.9 Å². The average molecular weight is 403 g/mol. The lowest BCUT2D eigenvalue weighted by atomic mass is 10.2. The Morgan fingerprint density at radius 3 is 3.07 bits per heavy atom. The number of tetrazole rings is 1. The zero-order valence-corrected chi connectivity index (χ0v) is 15.4. The Morgan fingerprint density at radius 1 is 1.50 bits per heavy atom. The van der Waals surface area contributed by atoms with Crippen molar-refractivity contribution in [3.8, 4) is 22.1 Å². The number of aromatic nitrogens is 5. The molecule has 0 radical (unpaired) electrons. The number of carbonyl (C=O) groups is 2. The Kier molecular flexibility index (Phi) is 4.69. The highest BCUT2D eigenvalue weighted by molar-refractivity contribution is 7.13. The number of cyclic esters (lactones) is 1. The summed E-state index contributed by atoms with van der Waals surface area (Å²) in [7, 11) is 0. The summed E-state index contributed by atoms with van der Waals surface area (Å²) in [4.78, 5) is 28.7. The summed E-state index contributed by atoms with van der Waals surface area (Å²) in [5, 5.41) is 18.3. The van der Waals surface area contributed by atoms with Crippen molar-refractivity contribution < 1.29 is 18.7 Å². The molecule has 1 aromatic carbocycles. The first-order chi connectivity index (χ1) is 13.5. The first-order valence-electron chi connectivity index (χ1n) is 8.23. The van der Waals surface area contributed by atoms with Crippen molar-refractivity contribution in [3.05, 3.63) is 29.4 Å². The van der Waals surface area contributed by atoms with Gasteiger partial charge in [-0.05, 0) is 23.4 Å². The summed E-state index contributed by atoms with van der Waals surface area (Å²) in [5.74, 6) is -0.414. The van der Waals surface area contributed by atoms with Crippen LogP contribution >= 0.6 is 11.3 Å². The Morgan fingerprint density at radius 2 is 2.36 bits per heavy atom. The SMILES string of the molecule is CC(=O)NCC1CN(c2ccc(-c3nc(-c4nn[nH]n4)cs3)c(F)c2)C(=O)O1. The molecule has 4 rings (SSSR count). The normalized spacial score (nSPS) is 16.3. The lowest BCUT2D eigenvalue weighted by Crippen LogP contribution is -2.33. The number of benzene rings is 1. The van der Waals surface area contributed by atoms with Crippen LogP contribution in [0.3, 0.4) is 0 Å². The molecule has 2 amide bonds. The number of halogens is 1. The molecule has 144 valence electrons. The lowest BCUT2D eigenvalue weighted by molar-refractivity contribution is -0.119. The first kappa shape index (κ1) is 18.0. The predicted octanol–water partition coefficient (Wildman–Crippen LogP) is 1.59. The zero-order valence-electron chi connectivity index (χ0n) is 14.5. The van der Waals surface area contributed by atoms with Crippen molar-refractivity contribution >= 4 is 29.0 Å². The van der Waals surface area contributed by atoms with Crippen LogP contribution in [-0.4, -0.2) is 56.8 Å². The summed E-state index contributed by atoms with van der Waals surface area (Å²) in [6.45, 7) is 1.80. The van der Waals surface area contributed by atoms with Gasteiger partial charge in [-0.2, -0.15) is 5.21 Å². The number of anilines is 1. The first-order valence-corrected chi connectivity index (χ1v) is 9.11. The predicted molar refractivity (Wildman–Crippen MR) is 97.0 cm³/mol. The van der Waals surface area contributed by atoms with Crippen LogP contribution in [0.5, 0.6) is 0 Å². The van der Waals surface area contributed by atoms with Crippen molar-refractivity contribution in [2.24, 2.45) is 0 Å². The summed E-state index contributed by atoms with van der Waals surface area (Å²) in [6, 6.07) is 4.43. The number of thiazole rings is 1. The van der Waals surface area contributed by atoms with Crippen LogP contribution in [-0.2, 0) is 9.53 Å². The second-order valence-electron chi connectivity index (χ2n) is 5.99. The van der Waals surface area contributed by atoms with Gasteiger partial charge in [-0.15, -0.1) is 21.5 Å². The van der Waals surface area contributed by atoms with E-state index in [1.807, 2.05) is 0 Å². The fourth-order valence-electron chi connectivity index (χ4n) is 2.71. The standard InChI is InChI=1S/C16H14FN7O3S/c1-8(25)18-5-10-6-24(16(26)27-10)9-2-3-11(12(17)4-9)15-19-13(7-28-15)14-20-22-23-21-14/h2-4,7,10H,5-6H2,1H3,(H,18,25)(H,20,21,22,23). The molecule has 28 heavy (non-hydrogen) atoms. The van der Waals surface area contributed by atoms with E-state index in [4.69, 9.17) is 4.74 Å². The van der Waals surface area contributed by atoms with Crippen molar-refractivity contribution in [1.82, 2.24) is 30.9 Å². The van der Waals surface area contributed by atoms with E-state index in [0.717, 1.165) is 0 Å². The van der Waals surface area contributed by atoms with E-state index < -0.39 is 18.0 Å². The van der Waals surface area contributed by atoms with E-state index in [-0.39, 0.29) is 19.0 Å². The van der Waals surface area contributed by atoms with E-state index >= 15 is 0 Å². The van der Waals surface area contributed by atoms with Crippen LogP contribution in [0.4, 0.5) is 14.9 Å². The summed E-state index contributed by atoms with van der Waals surface area (Å²) in [5.41, 5.74) is 1.15. The van der Waals surface area contributed by atoms with Gasteiger partial charge in [0.15, 0.2) is 0 Å². The van der Waals surface area contributed by atoms with Crippen LogP contribution in [0.25, 0.3) is 22.1 Å². The topological polar surface area (TPSA) is 126 Å². The fraction of sp³-hybridized carbons (Fsp3) is 0.250. The number of hydrogen-bond acceptors (Lipinski definition) is 8. The molecular weight excluding hydrogens is 389 g/mol. The minimum atomic E-state index is -0.587. The molecule has 3 aromatic rings. The maximum absolute atomic E-state index is 14.7. The molecule has 1 saturated heterocycles. The van der Waals surface area contributed by atoms with Gasteiger partial charge in [-0.25, -0.2) is 14.2 Å². The summed E-state index contributed by atoms with van der Waals surface area (Å²) >= 11 is 1.25. The highest BCUT2D eigenvalue weighted by Crippen LogP contribution is 2.32. The van der Waals surface area contributed by atoms with Crippen molar-refractivity contribution in [2.45, 2.75) is 13.0 Å². The number of hydrogen-bond donors (Lipinski definition) is 2. The Hall–Kier alpha value is -3.41. The third-order valence-corrected chi connectivity index (χ3v) is 4.90. The molecule has 1 aliphatic rings. The lowest BCUT2D eigenvalue weighted by Gasteiger charge is -2.14. The largest absolute Gasteiger partial charge is 0.442 e. The van der Waals surface area contributed by atoms with Crippen molar-refractivity contribution in [3.63, 3.8) is 0 Å². The van der Waals surface area contributed by atoms with Gasteiger partial charge in [0.1, 0.15) is 22.6 Å². The molecule has 3 heterocycles. The highest BCUT2D eigenvalue weighted by atomic mass is 32.1. The number of amides is 2. The van der Waals surface area contributed by atoms with E-state index in [1.165, 1.54) is 29.2 Å². The number of H-pyrrole nitrogens is 1. The van der Waals surface area contributed by atoms with E-state index in [1.54, 1.807) is 17.5 Å². The molecule has 0 saturated carbocycles. The number of nitrogens with one attached hydrogen (secondary N) is 2. The maximum atomic E-state index is 14.7. The number of carbonyl (C=O) groups excluding carboxylic acids is 2. The molecule has 0 aliphatic carbocycles. The molecule has 1 aliphatic heterocycles. The Bertz CT molecular complexity index is 1020. The van der Waals surface area contributed by atoms with Gasteiger partial charge in [0.05, 0.1) is 18.8 Å². The molecule has 2 N–H and O–H groups in total. The van der Waals surface area contributed by atoms with Gasteiger partial charge in [0.2, 0.25) is 11.7 Å². The second kappa shape index (κ2) is 7.31. The van der Waals surface area contributed by atoms with Gasteiger partial charge in [-0.1, -0.05) is 0 Å². The van der Waals surface area contributed by atoms with Gasteiger partial charge >= 0.3 is 6.09 Å². The van der Waals surface area contributed by atoms with Crippen LogP contribution in [0.2, 0.25) is 0 Å². The van der Waals surface area contributed by atoms with Crippen LogP contribution in [0.1, 0.15) is 6.92 Å². The second-order valence-corrected chi connectivity index (χ2v) is 6.85. The molecule has 0 spiro atoms. The zero-order chi connectivity index (χ0) is 19.7.